The Morgan fingerprint density at radius 1 is 1.32 bits per heavy atom. The zero-order valence-electron chi connectivity index (χ0n) is 13.8. The van der Waals surface area contributed by atoms with E-state index in [-0.39, 0.29) is 5.92 Å². The molecule has 7 heteroatoms. The van der Waals surface area contributed by atoms with Gasteiger partial charge in [0.1, 0.15) is 25.1 Å². The molecule has 124 valence electrons. The summed E-state index contributed by atoms with van der Waals surface area (Å²) in [5.74, 6) is -0.597. The van der Waals surface area contributed by atoms with Gasteiger partial charge in [-0.05, 0) is 45.9 Å². The molecule has 1 aliphatic carbocycles. The van der Waals surface area contributed by atoms with E-state index in [0.717, 1.165) is 13.6 Å². The molecule has 2 fully saturated rings. The molecule has 0 radical (unpaired) electrons. The molecule has 4 atom stereocenters. The maximum atomic E-state index is 14.0. The molecule has 1 amide bonds. The molecule has 1 heterocycles. The second-order valence-corrected chi connectivity index (χ2v) is 7.17. The van der Waals surface area contributed by atoms with E-state index in [1.165, 1.54) is 4.90 Å². The normalized spacial score (nSPS) is 30.3. The third-order valence-corrected chi connectivity index (χ3v) is 4.18. The van der Waals surface area contributed by atoms with Crippen molar-refractivity contribution in [2.24, 2.45) is 5.92 Å². The zero-order valence-corrected chi connectivity index (χ0v) is 13.8. The molecule has 0 aromatic rings. The van der Waals surface area contributed by atoms with Crippen molar-refractivity contribution in [3.05, 3.63) is 0 Å². The number of rotatable bonds is 4. The van der Waals surface area contributed by atoms with Crippen LogP contribution in [0.25, 0.3) is 0 Å². The average molecular weight is 313 g/mol. The lowest BCUT2D eigenvalue weighted by atomic mass is 9.79. The predicted octanol–water partition coefficient (Wildman–Crippen LogP) is 2.17. The molecule has 1 saturated carbocycles. The van der Waals surface area contributed by atoms with Gasteiger partial charge in [-0.2, -0.15) is 0 Å². The average Bonchev–Trinajstić information content (AvgIpc) is 2.93. The second-order valence-electron chi connectivity index (χ2n) is 7.17. The molecule has 0 N–H and O–H groups in total. The van der Waals surface area contributed by atoms with E-state index in [1.54, 1.807) is 20.8 Å². The molecular weight excluding hydrogens is 288 g/mol. The van der Waals surface area contributed by atoms with Crippen LogP contribution < -0.4 is 0 Å². The lowest BCUT2D eigenvalue weighted by Crippen LogP contribution is -2.54. The summed E-state index contributed by atoms with van der Waals surface area (Å²) >= 11 is 0. The van der Waals surface area contributed by atoms with E-state index >= 15 is 0 Å². The molecule has 0 aromatic heterocycles. The highest BCUT2D eigenvalue weighted by molar-refractivity contribution is 6.33. The van der Waals surface area contributed by atoms with Crippen molar-refractivity contribution in [1.29, 1.82) is 0 Å². The summed E-state index contributed by atoms with van der Waals surface area (Å²) in [6.45, 7) is 7.60. The smallest absolute Gasteiger partial charge is 0.411 e. The highest BCUT2D eigenvalue weighted by Crippen LogP contribution is 2.45. The lowest BCUT2D eigenvalue weighted by Gasteiger charge is -2.36. The van der Waals surface area contributed by atoms with Gasteiger partial charge in [-0.1, -0.05) is 6.82 Å². The monoisotopic (exact) mass is 313 g/mol. The van der Waals surface area contributed by atoms with Crippen molar-refractivity contribution < 1.29 is 23.5 Å². The van der Waals surface area contributed by atoms with Crippen LogP contribution in [0.3, 0.4) is 0 Å². The Labute approximate surface area is 131 Å². The number of carbonyl (C=O) groups is 2. The molecule has 2 rings (SSSR count). The number of hydrogen-bond acceptors (Lipinski definition) is 4. The maximum Gasteiger partial charge on any atom is 0.411 e. The predicted molar refractivity (Wildman–Crippen MR) is 82.0 cm³/mol. The van der Waals surface area contributed by atoms with Crippen LogP contribution >= 0.6 is 0 Å². The van der Waals surface area contributed by atoms with Crippen LogP contribution in [-0.2, 0) is 14.3 Å². The Morgan fingerprint density at radius 2 is 2.00 bits per heavy atom. The van der Waals surface area contributed by atoms with E-state index in [4.69, 9.17) is 9.47 Å². The van der Waals surface area contributed by atoms with Gasteiger partial charge >= 0.3 is 12.1 Å². The summed E-state index contributed by atoms with van der Waals surface area (Å²) in [6, 6.07) is -1.27. The van der Waals surface area contributed by atoms with Gasteiger partial charge in [0, 0.05) is 0 Å². The van der Waals surface area contributed by atoms with Gasteiger partial charge in [0.25, 0.3) is 0 Å². The highest BCUT2D eigenvalue weighted by Gasteiger charge is 2.57. The molecule has 22 heavy (non-hydrogen) atoms. The maximum absolute atomic E-state index is 14.0. The van der Waals surface area contributed by atoms with Gasteiger partial charge in [-0.25, -0.2) is 14.0 Å². The SMILES string of the molecule is CBCCOC(=O)[C@@H]1[C@@H]2CC([C@@H](F)C2)N1C(=O)OC(C)(C)C. The molecule has 1 unspecified atom stereocenters. The minimum absolute atomic E-state index is 0.165. The number of esters is 1. The van der Waals surface area contributed by atoms with Crippen molar-refractivity contribution >= 4 is 19.3 Å². The number of fused-ring (bicyclic) bond motifs is 2. The van der Waals surface area contributed by atoms with Gasteiger partial charge in [0.2, 0.25) is 0 Å². The third kappa shape index (κ3) is 3.55. The van der Waals surface area contributed by atoms with Crippen molar-refractivity contribution in [2.45, 2.75) is 70.6 Å². The first-order chi connectivity index (χ1) is 10.2. The number of halogens is 1. The van der Waals surface area contributed by atoms with E-state index in [0.29, 0.717) is 19.4 Å². The van der Waals surface area contributed by atoms with Crippen LogP contribution in [0.2, 0.25) is 13.1 Å². The number of likely N-dealkylation sites (tertiary alicyclic amines) is 1. The van der Waals surface area contributed by atoms with Crippen molar-refractivity contribution in [3.63, 3.8) is 0 Å². The fourth-order valence-corrected chi connectivity index (χ4v) is 3.25. The number of piperidine rings is 1. The molecule has 2 bridgehead atoms. The Hall–Kier alpha value is -1.27. The molecular formula is C15H25BFNO4. The summed E-state index contributed by atoms with van der Waals surface area (Å²) in [5.41, 5.74) is -0.679. The van der Waals surface area contributed by atoms with Gasteiger partial charge in [-0.15, -0.1) is 0 Å². The summed E-state index contributed by atoms with van der Waals surface area (Å²) < 4.78 is 24.6. The Morgan fingerprint density at radius 3 is 2.59 bits per heavy atom. The summed E-state index contributed by atoms with van der Waals surface area (Å²) in [4.78, 5) is 25.9. The van der Waals surface area contributed by atoms with Gasteiger partial charge in [-0.3, -0.25) is 4.90 Å². The fraction of sp³-hybridized carbons (Fsp3) is 0.867. The minimum atomic E-state index is -1.09. The van der Waals surface area contributed by atoms with Crippen molar-refractivity contribution in [1.82, 2.24) is 4.90 Å². The number of nitrogens with zero attached hydrogens (tertiary/aromatic N) is 1. The number of carbonyl (C=O) groups excluding carboxylic acids is 2. The first-order valence-electron chi connectivity index (χ1n) is 8.06. The van der Waals surface area contributed by atoms with E-state index < -0.39 is 35.9 Å². The summed E-state index contributed by atoms with van der Waals surface area (Å²) in [7, 11) is 0.923. The van der Waals surface area contributed by atoms with Crippen LogP contribution in [0, 0.1) is 5.92 Å². The summed E-state index contributed by atoms with van der Waals surface area (Å²) in [6.07, 6.45) is -0.104. The quantitative estimate of drug-likeness (QED) is 0.453. The van der Waals surface area contributed by atoms with Gasteiger partial charge < -0.3 is 9.47 Å². The first kappa shape index (κ1) is 17.1. The molecule has 5 nitrogen and oxygen atoms in total. The number of alkyl halides is 1. The zero-order chi connectivity index (χ0) is 16.5. The Bertz CT molecular complexity index is 440. The Kier molecular flexibility index (Phi) is 5.02. The third-order valence-electron chi connectivity index (χ3n) is 4.18. The molecule has 0 aromatic carbocycles. The lowest BCUT2D eigenvalue weighted by molar-refractivity contribution is -0.151. The van der Waals surface area contributed by atoms with Crippen LogP contribution in [0.5, 0.6) is 0 Å². The number of ether oxygens (including phenoxy) is 2. The van der Waals surface area contributed by atoms with E-state index in [1.807, 2.05) is 6.82 Å². The fourth-order valence-electron chi connectivity index (χ4n) is 3.25. The van der Waals surface area contributed by atoms with Crippen molar-refractivity contribution in [3.8, 4) is 0 Å². The first-order valence-corrected chi connectivity index (χ1v) is 8.06. The minimum Gasteiger partial charge on any atom is -0.465 e. The topological polar surface area (TPSA) is 55.8 Å². The number of hydrogen-bond donors (Lipinski definition) is 0. The molecule has 2 aliphatic rings. The molecule has 0 spiro atoms. The Balaban J connectivity index is 2.09. The van der Waals surface area contributed by atoms with Crippen LogP contribution in [0.1, 0.15) is 33.6 Å². The van der Waals surface area contributed by atoms with Crippen LogP contribution in [0.15, 0.2) is 0 Å². The van der Waals surface area contributed by atoms with Gasteiger partial charge in [0.05, 0.1) is 12.6 Å². The van der Waals surface area contributed by atoms with E-state index in [2.05, 4.69) is 0 Å². The van der Waals surface area contributed by atoms with E-state index in [9.17, 15) is 14.0 Å². The largest absolute Gasteiger partial charge is 0.465 e. The second kappa shape index (κ2) is 6.46. The summed E-state index contributed by atoms with van der Waals surface area (Å²) in [5, 5.41) is 0. The molecule has 1 saturated heterocycles. The molecule has 1 aliphatic heterocycles. The van der Waals surface area contributed by atoms with Gasteiger partial charge in [0.15, 0.2) is 0 Å². The highest BCUT2D eigenvalue weighted by atomic mass is 19.1. The standard InChI is InChI=1S/C15H25BFNO4/c1-15(2,3)22-14(20)18-11-8-9(7-10(11)17)12(18)13(19)21-6-5-16-4/h9-12,16H,5-8H2,1-4H3/t9-,10-,11?,12-/m0/s1. The van der Waals surface area contributed by atoms with Crippen LogP contribution in [0.4, 0.5) is 9.18 Å². The van der Waals surface area contributed by atoms with Crippen LogP contribution in [-0.4, -0.2) is 54.7 Å². The number of amides is 1. The van der Waals surface area contributed by atoms with Crippen molar-refractivity contribution in [2.75, 3.05) is 6.61 Å².